The minimum atomic E-state index is -0.370. The second-order valence-electron chi connectivity index (χ2n) is 7.67. The van der Waals surface area contributed by atoms with E-state index in [0.29, 0.717) is 61.3 Å². The van der Waals surface area contributed by atoms with E-state index in [1.807, 2.05) is 24.3 Å². The highest BCUT2D eigenvalue weighted by Gasteiger charge is 2.17. The van der Waals surface area contributed by atoms with Gasteiger partial charge in [0.05, 0.1) is 12.3 Å². The predicted molar refractivity (Wildman–Crippen MR) is 127 cm³/mol. The molecule has 0 radical (unpaired) electrons. The highest BCUT2D eigenvalue weighted by molar-refractivity contribution is 5.90. The monoisotopic (exact) mass is 436 g/mol. The fourth-order valence-electron chi connectivity index (χ4n) is 3.57. The summed E-state index contributed by atoms with van der Waals surface area (Å²) in [6.07, 6.45) is 5.74. The number of nitrogens with one attached hydrogen (secondary N) is 1. The standard InChI is InChI=1S/C26H29FN2O3/c1-3-13-28-19(2)23-6-4-5-7-25(23)32-16-12-21-8-9-22(18-24(21)27)29-26(30)17-20-10-14-31-15-11-20/h3-9,13,18,20H,1-2,10-12,14-17H2,(H,29,30). The Balaban J connectivity index is 1.53. The molecule has 0 bridgehead atoms. The number of nitrogens with zero attached hydrogens (tertiary/aromatic N) is 1. The van der Waals surface area contributed by atoms with Crippen molar-refractivity contribution in [1.82, 2.24) is 0 Å². The second-order valence-corrected chi connectivity index (χ2v) is 7.67. The summed E-state index contributed by atoms with van der Waals surface area (Å²) in [6, 6.07) is 12.2. The van der Waals surface area contributed by atoms with Crippen LogP contribution in [0.2, 0.25) is 0 Å². The number of amides is 1. The van der Waals surface area contributed by atoms with Gasteiger partial charge in [0.15, 0.2) is 0 Å². The van der Waals surface area contributed by atoms with Crippen molar-refractivity contribution >= 4 is 23.5 Å². The lowest BCUT2D eigenvalue weighted by atomic mass is 9.96. The molecule has 1 fully saturated rings. The van der Waals surface area contributed by atoms with Crippen LogP contribution in [0.5, 0.6) is 5.75 Å². The van der Waals surface area contributed by atoms with Crippen molar-refractivity contribution in [3.05, 3.63) is 78.6 Å². The van der Waals surface area contributed by atoms with E-state index in [4.69, 9.17) is 9.47 Å². The summed E-state index contributed by atoms with van der Waals surface area (Å²) in [5.41, 5.74) is 2.32. The van der Waals surface area contributed by atoms with Crippen LogP contribution in [0.4, 0.5) is 10.1 Å². The minimum Gasteiger partial charge on any atom is -0.493 e. The first-order valence-corrected chi connectivity index (χ1v) is 10.8. The maximum absolute atomic E-state index is 14.6. The van der Waals surface area contributed by atoms with Crippen LogP contribution in [-0.2, 0) is 16.0 Å². The lowest BCUT2D eigenvalue weighted by Gasteiger charge is -2.21. The van der Waals surface area contributed by atoms with Crippen LogP contribution in [0, 0.1) is 11.7 Å². The number of anilines is 1. The average molecular weight is 437 g/mol. The SMILES string of the molecule is C=CC=NC(=C)c1ccccc1OCCc1ccc(NC(=O)CC2CCOCC2)cc1F. The van der Waals surface area contributed by atoms with Crippen LogP contribution in [-0.4, -0.2) is 31.9 Å². The molecule has 0 aromatic heterocycles. The third-order valence-electron chi connectivity index (χ3n) is 5.31. The van der Waals surface area contributed by atoms with Crippen LogP contribution in [0.15, 0.2) is 66.7 Å². The van der Waals surface area contributed by atoms with Crippen molar-refractivity contribution in [2.45, 2.75) is 25.7 Å². The number of hydrogen-bond donors (Lipinski definition) is 1. The summed E-state index contributed by atoms with van der Waals surface area (Å²) < 4.78 is 25.8. The van der Waals surface area contributed by atoms with Crippen molar-refractivity contribution in [3.8, 4) is 5.75 Å². The molecule has 1 saturated heterocycles. The molecule has 1 heterocycles. The maximum atomic E-state index is 14.6. The van der Waals surface area contributed by atoms with E-state index >= 15 is 0 Å². The minimum absolute atomic E-state index is 0.0941. The average Bonchev–Trinajstić information content (AvgIpc) is 2.80. The van der Waals surface area contributed by atoms with Gasteiger partial charge in [-0.2, -0.15) is 0 Å². The van der Waals surface area contributed by atoms with Crippen LogP contribution in [0.3, 0.4) is 0 Å². The first kappa shape index (κ1) is 23.4. The number of aliphatic imine (C=N–C) groups is 1. The van der Waals surface area contributed by atoms with E-state index in [1.165, 1.54) is 6.07 Å². The van der Waals surface area contributed by atoms with Gasteiger partial charge < -0.3 is 14.8 Å². The molecule has 0 atom stereocenters. The summed E-state index contributed by atoms with van der Waals surface area (Å²) in [5.74, 6) is 0.497. The molecule has 3 rings (SSSR count). The molecule has 0 spiro atoms. The number of hydrogen-bond acceptors (Lipinski definition) is 4. The van der Waals surface area contributed by atoms with Gasteiger partial charge in [0, 0.05) is 43.5 Å². The molecule has 1 amide bonds. The van der Waals surface area contributed by atoms with E-state index in [2.05, 4.69) is 23.5 Å². The number of benzene rings is 2. The molecule has 1 aliphatic heterocycles. The largest absolute Gasteiger partial charge is 0.493 e. The van der Waals surface area contributed by atoms with Crippen molar-refractivity contribution in [1.29, 1.82) is 0 Å². The summed E-state index contributed by atoms with van der Waals surface area (Å²) in [5, 5.41) is 2.79. The maximum Gasteiger partial charge on any atom is 0.224 e. The molecule has 2 aromatic carbocycles. The molecule has 2 aromatic rings. The van der Waals surface area contributed by atoms with Gasteiger partial charge in [-0.1, -0.05) is 37.4 Å². The zero-order chi connectivity index (χ0) is 22.8. The fraction of sp³-hybridized carbons (Fsp3) is 0.308. The topological polar surface area (TPSA) is 59.9 Å². The summed E-state index contributed by atoms with van der Waals surface area (Å²) in [7, 11) is 0. The number of ether oxygens (including phenoxy) is 2. The molecule has 1 N–H and O–H groups in total. The molecule has 5 nitrogen and oxygen atoms in total. The number of halogens is 1. The van der Waals surface area contributed by atoms with Gasteiger partial charge in [0.1, 0.15) is 11.6 Å². The lowest BCUT2D eigenvalue weighted by molar-refractivity contribution is -0.117. The van der Waals surface area contributed by atoms with Crippen molar-refractivity contribution < 1.29 is 18.7 Å². The van der Waals surface area contributed by atoms with E-state index in [9.17, 15) is 9.18 Å². The third kappa shape index (κ3) is 6.89. The van der Waals surface area contributed by atoms with Crippen LogP contribution < -0.4 is 10.1 Å². The molecule has 1 aliphatic rings. The highest BCUT2D eigenvalue weighted by atomic mass is 19.1. The number of allylic oxidation sites excluding steroid dienone is 1. The molecule has 0 unspecified atom stereocenters. The Morgan fingerprint density at radius 2 is 2.03 bits per heavy atom. The van der Waals surface area contributed by atoms with Gasteiger partial charge in [-0.15, -0.1) is 0 Å². The number of rotatable bonds is 10. The smallest absolute Gasteiger partial charge is 0.224 e. The molecule has 32 heavy (non-hydrogen) atoms. The van der Waals surface area contributed by atoms with Gasteiger partial charge >= 0.3 is 0 Å². The molecule has 6 heteroatoms. The number of para-hydroxylation sites is 1. The quantitative estimate of drug-likeness (QED) is 0.505. The summed E-state index contributed by atoms with van der Waals surface area (Å²) >= 11 is 0. The fourth-order valence-corrected chi connectivity index (χ4v) is 3.57. The van der Waals surface area contributed by atoms with Crippen molar-refractivity contribution in [2.24, 2.45) is 10.9 Å². The predicted octanol–water partition coefficient (Wildman–Crippen LogP) is 5.43. The van der Waals surface area contributed by atoms with Gasteiger partial charge in [0.25, 0.3) is 0 Å². The number of carbonyl (C=O) groups excluding carboxylic acids is 1. The first-order valence-electron chi connectivity index (χ1n) is 10.8. The highest BCUT2D eigenvalue weighted by Crippen LogP contribution is 2.26. The Labute approximate surface area is 188 Å². The number of carbonyl (C=O) groups is 1. The van der Waals surface area contributed by atoms with Gasteiger partial charge in [0.2, 0.25) is 5.91 Å². The Kier molecular flexibility index (Phi) is 8.75. The molecule has 0 saturated carbocycles. The normalized spacial score (nSPS) is 14.3. The van der Waals surface area contributed by atoms with E-state index in [-0.39, 0.29) is 11.7 Å². The lowest BCUT2D eigenvalue weighted by Crippen LogP contribution is -2.22. The van der Waals surface area contributed by atoms with E-state index in [1.54, 1.807) is 24.4 Å². The Bertz CT molecular complexity index is 981. The van der Waals surface area contributed by atoms with Crippen molar-refractivity contribution in [2.75, 3.05) is 25.1 Å². The molecule has 0 aliphatic carbocycles. The van der Waals surface area contributed by atoms with Crippen LogP contribution in [0.1, 0.15) is 30.4 Å². The van der Waals surface area contributed by atoms with Gasteiger partial charge in [-0.25, -0.2) is 4.39 Å². The summed E-state index contributed by atoms with van der Waals surface area (Å²) in [6.45, 7) is 9.24. The molecular weight excluding hydrogens is 407 g/mol. The molecular formula is C26H29FN2O3. The van der Waals surface area contributed by atoms with Gasteiger partial charge in [-0.05, 0) is 48.6 Å². The van der Waals surface area contributed by atoms with E-state index < -0.39 is 0 Å². The Morgan fingerprint density at radius 1 is 1.25 bits per heavy atom. The third-order valence-corrected chi connectivity index (χ3v) is 5.31. The Hall–Kier alpha value is -3.25. The zero-order valence-corrected chi connectivity index (χ0v) is 18.2. The molecule has 168 valence electrons. The zero-order valence-electron chi connectivity index (χ0n) is 18.2. The van der Waals surface area contributed by atoms with Crippen LogP contribution in [0.25, 0.3) is 5.70 Å². The van der Waals surface area contributed by atoms with Crippen LogP contribution >= 0.6 is 0 Å². The first-order chi connectivity index (χ1) is 15.6. The summed E-state index contributed by atoms with van der Waals surface area (Å²) in [4.78, 5) is 16.4. The van der Waals surface area contributed by atoms with Gasteiger partial charge in [-0.3, -0.25) is 9.79 Å². The second kappa shape index (κ2) is 12.0. The Morgan fingerprint density at radius 3 is 2.78 bits per heavy atom. The van der Waals surface area contributed by atoms with Crippen molar-refractivity contribution in [3.63, 3.8) is 0 Å². The van der Waals surface area contributed by atoms with E-state index in [0.717, 1.165) is 18.4 Å².